The van der Waals surface area contributed by atoms with Gasteiger partial charge in [-0.2, -0.15) is 0 Å². The van der Waals surface area contributed by atoms with Crippen LogP contribution in [-0.4, -0.2) is 34.9 Å². The lowest BCUT2D eigenvalue weighted by molar-refractivity contribution is -0.0676. The SMILES string of the molecule is C=CC(CO[Si](C)(C)C(C)(C)C)OCOC. The maximum absolute atomic E-state index is 6.03. The monoisotopic (exact) mass is 246 g/mol. The molecule has 0 bridgehead atoms. The normalized spacial score (nSPS) is 14.9. The second-order valence-corrected chi connectivity index (χ2v) is 10.2. The standard InChI is InChI=1S/C12H26O3Si/c1-8-11(14-10-13-5)9-15-16(6,7)12(2,3)4/h8,11H,1,9-10H2,2-7H3. The largest absolute Gasteiger partial charge is 0.414 e. The molecule has 0 aromatic carbocycles. The van der Waals surface area contributed by atoms with Gasteiger partial charge in [0, 0.05) is 7.11 Å². The van der Waals surface area contributed by atoms with Gasteiger partial charge in [0.05, 0.1) is 6.61 Å². The lowest BCUT2D eigenvalue weighted by Crippen LogP contribution is -2.42. The molecule has 0 aliphatic rings. The highest BCUT2D eigenvalue weighted by Gasteiger charge is 2.37. The zero-order valence-corrected chi connectivity index (χ0v) is 12.5. The molecule has 96 valence electrons. The summed E-state index contributed by atoms with van der Waals surface area (Å²) in [5, 5.41) is 0.222. The number of hydrogen-bond acceptors (Lipinski definition) is 3. The molecule has 0 saturated carbocycles. The average Bonchev–Trinajstić information content (AvgIpc) is 2.16. The van der Waals surface area contributed by atoms with E-state index >= 15 is 0 Å². The topological polar surface area (TPSA) is 27.7 Å². The van der Waals surface area contributed by atoms with Crippen molar-refractivity contribution < 1.29 is 13.9 Å². The highest BCUT2D eigenvalue weighted by atomic mass is 28.4. The second kappa shape index (κ2) is 6.54. The molecule has 0 aromatic rings. The lowest BCUT2D eigenvalue weighted by atomic mass is 10.2. The van der Waals surface area contributed by atoms with E-state index in [0.717, 1.165) is 0 Å². The van der Waals surface area contributed by atoms with Crippen molar-refractivity contribution in [2.75, 3.05) is 20.5 Å². The fraction of sp³-hybridized carbons (Fsp3) is 0.833. The van der Waals surface area contributed by atoms with E-state index in [4.69, 9.17) is 13.9 Å². The summed E-state index contributed by atoms with van der Waals surface area (Å²) < 4.78 is 16.3. The van der Waals surface area contributed by atoms with E-state index in [0.29, 0.717) is 6.61 Å². The minimum Gasteiger partial charge on any atom is -0.414 e. The van der Waals surface area contributed by atoms with Crippen LogP contribution < -0.4 is 0 Å². The first-order chi connectivity index (χ1) is 7.24. The van der Waals surface area contributed by atoms with Gasteiger partial charge in [0.25, 0.3) is 0 Å². The molecule has 4 heteroatoms. The Morgan fingerprint density at radius 1 is 1.31 bits per heavy atom. The lowest BCUT2D eigenvalue weighted by Gasteiger charge is -2.36. The highest BCUT2D eigenvalue weighted by Crippen LogP contribution is 2.36. The summed E-state index contributed by atoms with van der Waals surface area (Å²) in [7, 11) is -0.0858. The Morgan fingerprint density at radius 2 is 1.88 bits per heavy atom. The third-order valence-corrected chi connectivity index (χ3v) is 7.58. The molecule has 0 radical (unpaired) electrons. The van der Waals surface area contributed by atoms with Crippen LogP contribution in [0.25, 0.3) is 0 Å². The van der Waals surface area contributed by atoms with Crippen LogP contribution in [0.4, 0.5) is 0 Å². The van der Waals surface area contributed by atoms with Crippen molar-refractivity contribution in [1.82, 2.24) is 0 Å². The summed E-state index contributed by atoms with van der Waals surface area (Å²) in [6.45, 7) is 15.7. The van der Waals surface area contributed by atoms with Crippen LogP contribution >= 0.6 is 0 Å². The Labute approximate surface area is 101 Å². The zero-order chi connectivity index (χ0) is 12.8. The highest BCUT2D eigenvalue weighted by molar-refractivity contribution is 6.74. The molecule has 0 spiro atoms. The van der Waals surface area contributed by atoms with Crippen LogP contribution in [0.1, 0.15) is 20.8 Å². The third-order valence-electron chi connectivity index (χ3n) is 3.08. The van der Waals surface area contributed by atoms with Gasteiger partial charge in [0.2, 0.25) is 0 Å². The molecule has 0 aliphatic carbocycles. The maximum Gasteiger partial charge on any atom is 0.192 e. The number of methoxy groups -OCH3 is 1. The van der Waals surface area contributed by atoms with Crippen LogP contribution in [0.5, 0.6) is 0 Å². The molecular weight excluding hydrogens is 220 g/mol. The van der Waals surface area contributed by atoms with Crippen molar-refractivity contribution in [3.63, 3.8) is 0 Å². The van der Waals surface area contributed by atoms with Crippen LogP contribution in [0, 0.1) is 0 Å². The smallest absolute Gasteiger partial charge is 0.192 e. The summed E-state index contributed by atoms with van der Waals surface area (Å²) >= 11 is 0. The first kappa shape index (κ1) is 15.8. The summed E-state index contributed by atoms with van der Waals surface area (Å²) in [4.78, 5) is 0. The fourth-order valence-corrected chi connectivity index (χ4v) is 1.86. The molecule has 0 heterocycles. The van der Waals surface area contributed by atoms with Crippen molar-refractivity contribution in [2.45, 2.75) is 45.0 Å². The maximum atomic E-state index is 6.03. The first-order valence-corrected chi connectivity index (χ1v) is 8.52. The van der Waals surface area contributed by atoms with E-state index in [1.165, 1.54) is 0 Å². The van der Waals surface area contributed by atoms with E-state index in [1.807, 2.05) is 0 Å². The second-order valence-electron chi connectivity index (χ2n) is 5.42. The van der Waals surface area contributed by atoms with Crippen molar-refractivity contribution in [1.29, 1.82) is 0 Å². The summed E-state index contributed by atoms with van der Waals surface area (Å²) in [6.07, 6.45) is 1.67. The van der Waals surface area contributed by atoms with E-state index in [9.17, 15) is 0 Å². The molecule has 0 saturated heterocycles. The molecule has 0 aromatic heterocycles. The molecule has 1 unspecified atom stereocenters. The van der Waals surface area contributed by atoms with Crippen molar-refractivity contribution in [3.8, 4) is 0 Å². The van der Waals surface area contributed by atoms with Crippen molar-refractivity contribution in [3.05, 3.63) is 12.7 Å². The molecule has 0 aliphatic heterocycles. The summed E-state index contributed by atoms with van der Waals surface area (Å²) in [6, 6.07) is 0. The van der Waals surface area contributed by atoms with Crippen molar-refractivity contribution in [2.24, 2.45) is 0 Å². The van der Waals surface area contributed by atoms with Gasteiger partial charge < -0.3 is 13.9 Å². The van der Waals surface area contributed by atoms with Gasteiger partial charge in [0.1, 0.15) is 12.9 Å². The van der Waals surface area contributed by atoms with Crippen LogP contribution in [0.3, 0.4) is 0 Å². The Balaban J connectivity index is 4.15. The number of rotatable bonds is 7. The van der Waals surface area contributed by atoms with Crippen LogP contribution in [-0.2, 0) is 13.9 Å². The van der Waals surface area contributed by atoms with Gasteiger partial charge >= 0.3 is 0 Å². The Bertz CT molecular complexity index is 209. The zero-order valence-electron chi connectivity index (χ0n) is 11.5. The number of ether oxygens (including phenoxy) is 2. The predicted octanol–water partition coefficient (Wildman–Crippen LogP) is 3.18. The molecule has 16 heavy (non-hydrogen) atoms. The summed E-state index contributed by atoms with van der Waals surface area (Å²) in [5.41, 5.74) is 0. The van der Waals surface area contributed by atoms with Gasteiger partial charge in [-0.05, 0) is 18.1 Å². The third kappa shape index (κ3) is 5.25. The van der Waals surface area contributed by atoms with Crippen molar-refractivity contribution >= 4 is 8.32 Å². The van der Waals surface area contributed by atoms with Crippen LogP contribution in [0.2, 0.25) is 18.1 Å². The fourth-order valence-electron chi connectivity index (χ4n) is 0.847. The van der Waals surface area contributed by atoms with Gasteiger partial charge in [-0.15, -0.1) is 6.58 Å². The van der Waals surface area contributed by atoms with E-state index in [-0.39, 0.29) is 17.9 Å². The molecule has 0 fully saturated rings. The average molecular weight is 246 g/mol. The minimum absolute atomic E-state index is 0.0888. The molecular formula is C12H26O3Si. The van der Waals surface area contributed by atoms with Gasteiger partial charge in [-0.25, -0.2) is 0 Å². The van der Waals surface area contributed by atoms with E-state index in [1.54, 1.807) is 13.2 Å². The Morgan fingerprint density at radius 3 is 2.25 bits per heavy atom. The Kier molecular flexibility index (Phi) is 6.48. The first-order valence-electron chi connectivity index (χ1n) is 5.61. The van der Waals surface area contributed by atoms with Gasteiger partial charge in [-0.3, -0.25) is 0 Å². The van der Waals surface area contributed by atoms with Gasteiger partial charge in [0.15, 0.2) is 8.32 Å². The molecule has 0 N–H and O–H groups in total. The summed E-state index contributed by atoms with van der Waals surface area (Å²) in [5.74, 6) is 0. The molecule has 3 nitrogen and oxygen atoms in total. The van der Waals surface area contributed by atoms with E-state index < -0.39 is 8.32 Å². The number of hydrogen-bond donors (Lipinski definition) is 0. The molecule has 0 amide bonds. The predicted molar refractivity (Wildman–Crippen MR) is 70.1 cm³/mol. The van der Waals surface area contributed by atoms with Crippen LogP contribution in [0.15, 0.2) is 12.7 Å². The Hall–Kier alpha value is -0.163. The molecule has 1 atom stereocenters. The quantitative estimate of drug-likeness (QED) is 0.392. The molecule has 0 rings (SSSR count). The minimum atomic E-state index is -1.69. The van der Waals surface area contributed by atoms with E-state index in [2.05, 4.69) is 40.4 Å². The van der Waals surface area contributed by atoms with Gasteiger partial charge in [-0.1, -0.05) is 26.8 Å².